The van der Waals surface area contributed by atoms with Crippen LogP contribution in [0, 0.1) is 5.82 Å². The van der Waals surface area contributed by atoms with E-state index < -0.39 is 5.82 Å². The minimum Gasteiger partial charge on any atom is -0.454 e. The first-order chi connectivity index (χ1) is 16.5. The molecule has 5 rings (SSSR count). The number of aromatic nitrogens is 3. The number of nitrogens with one attached hydrogen (secondary N) is 1. The molecular formula is C25H22FN5O3. The van der Waals surface area contributed by atoms with Gasteiger partial charge in [-0.05, 0) is 54.5 Å². The average Bonchev–Trinajstić information content (AvgIpc) is 3.49. The van der Waals surface area contributed by atoms with Crippen LogP contribution >= 0.6 is 0 Å². The number of nitrogen functional groups attached to an aromatic ring is 1. The minimum absolute atomic E-state index is 0.0285. The van der Waals surface area contributed by atoms with E-state index in [0.717, 1.165) is 17.7 Å². The van der Waals surface area contributed by atoms with Crippen molar-refractivity contribution < 1.29 is 13.9 Å². The van der Waals surface area contributed by atoms with E-state index in [-0.39, 0.29) is 29.0 Å². The fraction of sp³-hybridized carbons (Fsp3) is 0.160. The molecule has 4 aromatic rings. The molecule has 0 aliphatic carbocycles. The molecule has 1 aliphatic rings. The van der Waals surface area contributed by atoms with Crippen molar-refractivity contribution in [3.05, 3.63) is 89.1 Å². The molecule has 2 aromatic heterocycles. The molecule has 1 aliphatic heterocycles. The third-order valence-corrected chi connectivity index (χ3v) is 6.08. The highest BCUT2D eigenvalue weighted by atomic mass is 19.1. The normalized spacial score (nSPS) is 15.6. The molecule has 3 heterocycles. The molecule has 0 radical (unpaired) electrons. The molecule has 1 saturated heterocycles. The second-order valence-electron chi connectivity index (χ2n) is 8.12. The summed E-state index contributed by atoms with van der Waals surface area (Å²) in [6.07, 6.45) is 3.89. The van der Waals surface area contributed by atoms with Crippen LogP contribution in [0.2, 0.25) is 0 Å². The molecular weight excluding hydrogens is 437 g/mol. The number of para-hydroxylation sites is 1. The first-order valence-electron chi connectivity index (χ1n) is 10.8. The summed E-state index contributed by atoms with van der Waals surface area (Å²) in [4.78, 5) is 26.5. The Morgan fingerprint density at radius 1 is 1.24 bits per heavy atom. The van der Waals surface area contributed by atoms with E-state index in [4.69, 9.17) is 10.5 Å². The van der Waals surface area contributed by atoms with Gasteiger partial charge in [-0.3, -0.25) is 9.59 Å². The van der Waals surface area contributed by atoms with Gasteiger partial charge >= 0.3 is 0 Å². The number of aromatic amines is 1. The number of anilines is 1. The van der Waals surface area contributed by atoms with Crippen LogP contribution in [-0.2, 0) is 4.79 Å². The van der Waals surface area contributed by atoms with Gasteiger partial charge in [-0.1, -0.05) is 18.7 Å². The smallest absolute Gasteiger partial charge is 0.274 e. The zero-order chi connectivity index (χ0) is 23.8. The van der Waals surface area contributed by atoms with Crippen molar-refractivity contribution in [2.45, 2.75) is 12.3 Å². The number of nitrogens with two attached hydrogens (primary N) is 1. The predicted octanol–water partition coefficient (Wildman–Crippen LogP) is 3.73. The lowest BCUT2D eigenvalue weighted by Crippen LogP contribution is -2.26. The summed E-state index contributed by atoms with van der Waals surface area (Å²) in [5.41, 5.74) is 7.86. The van der Waals surface area contributed by atoms with Crippen LogP contribution in [0.1, 0.15) is 17.9 Å². The molecule has 172 valence electrons. The summed E-state index contributed by atoms with van der Waals surface area (Å²) >= 11 is 0. The van der Waals surface area contributed by atoms with Crippen molar-refractivity contribution in [2.24, 2.45) is 0 Å². The number of rotatable bonds is 5. The van der Waals surface area contributed by atoms with E-state index >= 15 is 0 Å². The molecule has 3 N–H and O–H groups in total. The Balaban J connectivity index is 1.53. The Hall–Kier alpha value is -4.40. The van der Waals surface area contributed by atoms with Crippen molar-refractivity contribution >= 4 is 22.6 Å². The number of hydrogen-bond donors (Lipinski definition) is 2. The third kappa shape index (κ3) is 3.71. The molecule has 0 bridgehead atoms. The maximum absolute atomic E-state index is 13.9. The second kappa shape index (κ2) is 8.51. The van der Waals surface area contributed by atoms with Gasteiger partial charge in [0.05, 0.1) is 5.39 Å². The van der Waals surface area contributed by atoms with E-state index in [0.29, 0.717) is 29.7 Å². The largest absolute Gasteiger partial charge is 0.454 e. The highest BCUT2D eigenvalue weighted by Gasteiger charge is 2.30. The lowest BCUT2D eigenvalue weighted by atomic mass is 9.99. The van der Waals surface area contributed by atoms with Crippen LogP contribution in [0.4, 0.5) is 10.2 Å². The van der Waals surface area contributed by atoms with Gasteiger partial charge in [0, 0.05) is 30.9 Å². The molecule has 1 amide bonds. The van der Waals surface area contributed by atoms with Crippen LogP contribution in [0.5, 0.6) is 11.5 Å². The Kier molecular flexibility index (Phi) is 5.37. The first-order valence-corrected chi connectivity index (χ1v) is 10.8. The lowest BCUT2D eigenvalue weighted by molar-refractivity contribution is -0.125. The summed E-state index contributed by atoms with van der Waals surface area (Å²) < 4.78 is 21.4. The van der Waals surface area contributed by atoms with E-state index in [1.807, 2.05) is 10.8 Å². The molecule has 1 fully saturated rings. The number of nitrogens with zero attached hydrogens (tertiary/aromatic N) is 3. The molecule has 2 aromatic carbocycles. The quantitative estimate of drug-likeness (QED) is 0.443. The van der Waals surface area contributed by atoms with Gasteiger partial charge in [-0.2, -0.15) is 5.10 Å². The maximum atomic E-state index is 13.9. The number of benzene rings is 2. The van der Waals surface area contributed by atoms with Gasteiger partial charge in [-0.15, -0.1) is 0 Å². The number of fused-ring (bicyclic) bond motifs is 1. The number of hydrogen-bond acceptors (Lipinski definition) is 5. The zero-order valence-electron chi connectivity index (χ0n) is 18.2. The zero-order valence-corrected chi connectivity index (χ0v) is 18.2. The number of halogens is 1. The highest BCUT2D eigenvalue weighted by Crippen LogP contribution is 2.35. The fourth-order valence-corrected chi connectivity index (χ4v) is 4.42. The van der Waals surface area contributed by atoms with Gasteiger partial charge < -0.3 is 19.9 Å². The van der Waals surface area contributed by atoms with E-state index in [1.54, 1.807) is 47.4 Å². The Labute approximate surface area is 194 Å². The second-order valence-corrected chi connectivity index (χ2v) is 8.12. The molecule has 34 heavy (non-hydrogen) atoms. The summed E-state index contributed by atoms with van der Waals surface area (Å²) in [6.45, 7) is 4.63. The topological polar surface area (TPSA) is 106 Å². The molecule has 1 atom stereocenters. The van der Waals surface area contributed by atoms with Crippen molar-refractivity contribution in [2.75, 3.05) is 18.8 Å². The fourth-order valence-electron chi connectivity index (χ4n) is 4.42. The van der Waals surface area contributed by atoms with Crippen LogP contribution in [-0.4, -0.2) is 38.7 Å². The van der Waals surface area contributed by atoms with Gasteiger partial charge in [0.15, 0.2) is 17.4 Å². The van der Waals surface area contributed by atoms with Crippen LogP contribution < -0.4 is 16.0 Å². The van der Waals surface area contributed by atoms with Crippen molar-refractivity contribution in [3.8, 4) is 17.2 Å². The summed E-state index contributed by atoms with van der Waals surface area (Å²) in [5.74, 6) is 0.161. The summed E-state index contributed by atoms with van der Waals surface area (Å²) in [5, 5.41) is 6.87. The summed E-state index contributed by atoms with van der Waals surface area (Å²) in [7, 11) is 0. The summed E-state index contributed by atoms with van der Waals surface area (Å²) in [6, 6.07) is 13.2. The van der Waals surface area contributed by atoms with Gasteiger partial charge in [-0.25, -0.2) is 9.49 Å². The average molecular weight is 459 g/mol. The lowest BCUT2D eigenvalue weighted by Gasteiger charge is -2.13. The first kappa shape index (κ1) is 21.4. The standard InChI is InChI=1S/C25H22FN5O3/c1-2-21(32)30-12-11-15(13-30)18-14-31(23-22(18)25(33)29-28-24(23)27)16-7-9-17(10-8-16)34-20-6-4-3-5-19(20)26/h2-10,14-15H,1,11-13H2,(H2,27,28)(H,29,33)/t15-/m0/s1. The van der Waals surface area contributed by atoms with Crippen LogP contribution in [0.25, 0.3) is 16.6 Å². The van der Waals surface area contributed by atoms with Gasteiger partial charge in [0.1, 0.15) is 11.3 Å². The highest BCUT2D eigenvalue weighted by molar-refractivity contribution is 5.92. The molecule has 0 spiro atoms. The van der Waals surface area contributed by atoms with Crippen LogP contribution in [0.3, 0.4) is 0 Å². The number of H-pyrrole nitrogens is 1. The Morgan fingerprint density at radius 2 is 2.00 bits per heavy atom. The number of ether oxygens (including phenoxy) is 1. The van der Waals surface area contributed by atoms with Crippen LogP contribution in [0.15, 0.2) is 72.2 Å². The third-order valence-electron chi connectivity index (χ3n) is 6.08. The Morgan fingerprint density at radius 3 is 2.74 bits per heavy atom. The number of likely N-dealkylation sites (tertiary alicyclic amines) is 1. The minimum atomic E-state index is -0.453. The maximum Gasteiger partial charge on any atom is 0.274 e. The van der Waals surface area contributed by atoms with Crippen molar-refractivity contribution in [3.63, 3.8) is 0 Å². The predicted molar refractivity (Wildman–Crippen MR) is 127 cm³/mol. The Bertz CT molecular complexity index is 1460. The van der Waals surface area contributed by atoms with Gasteiger partial charge in [0.25, 0.3) is 5.56 Å². The number of carbonyl (C=O) groups is 1. The van der Waals surface area contributed by atoms with E-state index in [9.17, 15) is 14.0 Å². The van der Waals surface area contributed by atoms with Crippen molar-refractivity contribution in [1.29, 1.82) is 0 Å². The molecule has 0 unspecified atom stereocenters. The molecule has 9 heteroatoms. The van der Waals surface area contributed by atoms with E-state index in [2.05, 4.69) is 16.8 Å². The van der Waals surface area contributed by atoms with Crippen molar-refractivity contribution in [1.82, 2.24) is 19.7 Å². The van der Waals surface area contributed by atoms with Gasteiger partial charge in [0.2, 0.25) is 5.91 Å². The monoisotopic (exact) mass is 459 g/mol. The molecule has 8 nitrogen and oxygen atoms in total. The number of carbonyl (C=O) groups excluding carboxylic acids is 1. The molecule has 0 saturated carbocycles. The SMILES string of the molecule is C=CC(=O)N1CC[C@H](c2cn(-c3ccc(Oc4ccccc4F)cc3)c3c(N)n[nH]c(=O)c23)C1. The number of amides is 1. The van der Waals surface area contributed by atoms with E-state index in [1.165, 1.54) is 12.1 Å².